The van der Waals surface area contributed by atoms with Gasteiger partial charge < -0.3 is 9.52 Å². The molecule has 0 radical (unpaired) electrons. The van der Waals surface area contributed by atoms with Crippen molar-refractivity contribution >= 4 is 27.6 Å². The van der Waals surface area contributed by atoms with E-state index in [0.717, 1.165) is 5.39 Å². The van der Waals surface area contributed by atoms with Gasteiger partial charge in [0.05, 0.1) is 0 Å². The van der Waals surface area contributed by atoms with Gasteiger partial charge in [0.2, 0.25) is 0 Å². The van der Waals surface area contributed by atoms with E-state index in [-0.39, 0.29) is 11.4 Å². The lowest BCUT2D eigenvalue weighted by molar-refractivity contribution is 0.483. The predicted molar refractivity (Wildman–Crippen MR) is 68.0 cm³/mol. The second kappa shape index (κ2) is 3.80. The normalized spacial score (nSPS) is 11.2. The van der Waals surface area contributed by atoms with Crippen LogP contribution in [0.5, 0.6) is 5.75 Å². The Kier molecular flexibility index (Phi) is 2.26. The molecule has 0 aliphatic rings. The molecule has 0 atom stereocenters. The molecule has 3 rings (SSSR count). The Morgan fingerprint density at radius 2 is 2.06 bits per heavy atom. The average Bonchev–Trinajstić information content (AvgIpc) is 2.84. The summed E-state index contributed by atoms with van der Waals surface area (Å²) in [6, 6.07) is 7.15. The molecular weight excluding hydrogens is 232 g/mol. The molecule has 1 N–H and O–H groups in total. The first-order valence-electron chi connectivity index (χ1n) is 5.62. The minimum Gasteiger partial charge on any atom is -0.505 e. The van der Waals surface area contributed by atoms with Gasteiger partial charge in [0.25, 0.3) is 0 Å². The molecule has 5 heteroatoms. The summed E-state index contributed by atoms with van der Waals surface area (Å²) in [6.45, 7) is 1.90. The van der Waals surface area contributed by atoms with Crippen LogP contribution in [-0.4, -0.2) is 10.1 Å². The van der Waals surface area contributed by atoms with E-state index in [2.05, 4.69) is 10.2 Å². The molecule has 0 spiro atoms. The largest absolute Gasteiger partial charge is 0.505 e. The van der Waals surface area contributed by atoms with Crippen molar-refractivity contribution in [1.29, 1.82) is 0 Å². The number of phenols is 1. The Morgan fingerprint density at radius 1 is 1.33 bits per heavy atom. The SMILES string of the molecule is CCc1nc2c(N=O)c(O)c3ccccc3c2o1. The summed E-state index contributed by atoms with van der Waals surface area (Å²) in [5.41, 5.74) is 0.750. The highest BCUT2D eigenvalue weighted by Crippen LogP contribution is 2.42. The molecule has 18 heavy (non-hydrogen) atoms. The highest BCUT2D eigenvalue weighted by molar-refractivity contribution is 6.12. The van der Waals surface area contributed by atoms with Crippen LogP contribution in [0.25, 0.3) is 21.9 Å². The predicted octanol–water partition coefficient (Wildman–Crippen LogP) is 3.65. The van der Waals surface area contributed by atoms with Crippen molar-refractivity contribution in [3.8, 4) is 5.75 Å². The lowest BCUT2D eigenvalue weighted by Gasteiger charge is -2.02. The smallest absolute Gasteiger partial charge is 0.195 e. The minimum absolute atomic E-state index is 0.0628. The summed E-state index contributed by atoms with van der Waals surface area (Å²) >= 11 is 0. The first-order valence-corrected chi connectivity index (χ1v) is 5.62. The van der Waals surface area contributed by atoms with Crippen LogP contribution in [0.4, 0.5) is 5.69 Å². The molecule has 0 aliphatic heterocycles. The molecule has 0 bridgehead atoms. The average molecular weight is 242 g/mol. The topological polar surface area (TPSA) is 75.7 Å². The number of aromatic nitrogens is 1. The number of nitrogens with zero attached hydrogens (tertiary/aromatic N) is 2. The minimum atomic E-state index is -0.149. The van der Waals surface area contributed by atoms with Gasteiger partial charge >= 0.3 is 0 Å². The number of oxazole rings is 1. The highest BCUT2D eigenvalue weighted by Gasteiger charge is 2.19. The lowest BCUT2D eigenvalue weighted by atomic mass is 10.1. The lowest BCUT2D eigenvalue weighted by Crippen LogP contribution is -1.79. The Bertz CT molecular complexity index is 762. The number of aryl methyl sites for hydroxylation is 1. The quantitative estimate of drug-likeness (QED) is 0.696. The van der Waals surface area contributed by atoms with Gasteiger partial charge in [-0.2, -0.15) is 0 Å². The maximum atomic E-state index is 10.9. The molecule has 0 aliphatic carbocycles. The van der Waals surface area contributed by atoms with Gasteiger partial charge in [0, 0.05) is 17.2 Å². The fourth-order valence-corrected chi connectivity index (χ4v) is 2.07. The first-order chi connectivity index (χ1) is 8.76. The van der Waals surface area contributed by atoms with Crippen LogP contribution < -0.4 is 0 Å². The maximum absolute atomic E-state index is 10.9. The molecule has 3 aromatic rings. The number of nitroso groups, excluding NO2 is 1. The van der Waals surface area contributed by atoms with Crippen LogP contribution in [0.1, 0.15) is 12.8 Å². The van der Waals surface area contributed by atoms with Crippen molar-refractivity contribution in [3.63, 3.8) is 0 Å². The van der Waals surface area contributed by atoms with Gasteiger partial charge in [-0.15, -0.1) is 4.91 Å². The van der Waals surface area contributed by atoms with Gasteiger partial charge in [-0.1, -0.05) is 31.2 Å². The number of hydrogen-bond acceptors (Lipinski definition) is 5. The Balaban J connectivity index is 2.59. The third-order valence-electron chi connectivity index (χ3n) is 2.94. The third-order valence-corrected chi connectivity index (χ3v) is 2.94. The van der Waals surface area contributed by atoms with E-state index in [0.29, 0.717) is 28.8 Å². The molecule has 2 aromatic carbocycles. The zero-order valence-electron chi connectivity index (χ0n) is 9.67. The molecule has 1 heterocycles. The number of aromatic hydroxyl groups is 1. The van der Waals surface area contributed by atoms with Crippen molar-refractivity contribution in [3.05, 3.63) is 35.1 Å². The number of benzene rings is 2. The molecule has 0 saturated carbocycles. The van der Waals surface area contributed by atoms with Crippen molar-refractivity contribution in [1.82, 2.24) is 4.98 Å². The van der Waals surface area contributed by atoms with Gasteiger partial charge in [-0.05, 0) is 5.18 Å². The van der Waals surface area contributed by atoms with Crippen LogP contribution in [-0.2, 0) is 6.42 Å². The van der Waals surface area contributed by atoms with Gasteiger partial charge in [0.15, 0.2) is 22.9 Å². The fourth-order valence-electron chi connectivity index (χ4n) is 2.07. The Labute approximate surface area is 102 Å². The van der Waals surface area contributed by atoms with E-state index >= 15 is 0 Å². The van der Waals surface area contributed by atoms with Crippen LogP contribution in [0, 0.1) is 4.91 Å². The van der Waals surface area contributed by atoms with Crippen LogP contribution >= 0.6 is 0 Å². The van der Waals surface area contributed by atoms with Crippen molar-refractivity contribution in [2.24, 2.45) is 5.18 Å². The van der Waals surface area contributed by atoms with E-state index in [1.807, 2.05) is 19.1 Å². The van der Waals surface area contributed by atoms with Crippen LogP contribution in [0.15, 0.2) is 33.9 Å². The van der Waals surface area contributed by atoms with E-state index in [1.54, 1.807) is 12.1 Å². The summed E-state index contributed by atoms with van der Waals surface area (Å²) in [5.74, 6) is 0.370. The standard InChI is InChI=1S/C13H10N2O3/c1-2-9-14-11-10(15-17)12(16)7-5-3-4-6-8(7)13(11)18-9/h3-6,16H,2H2,1H3. The zero-order chi connectivity index (χ0) is 12.7. The van der Waals surface area contributed by atoms with Gasteiger partial charge in [-0.3, -0.25) is 0 Å². The number of fused-ring (bicyclic) bond motifs is 3. The Morgan fingerprint density at radius 3 is 2.72 bits per heavy atom. The highest BCUT2D eigenvalue weighted by atomic mass is 16.3. The fraction of sp³-hybridized carbons (Fsp3) is 0.154. The van der Waals surface area contributed by atoms with Crippen molar-refractivity contribution < 1.29 is 9.52 Å². The number of phenolic OH excluding ortho intramolecular Hbond substituents is 1. The van der Waals surface area contributed by atoms with Crippen LogP contribution in [0.2, 0.25) is 0 Å². The Hall–Kier alpha value is -2.43. The number of hydrogen-bond donors (Lipinski definition) is 1. The maximum Gasteiger partial charge on any atom is 0.195 e. The molecule has 1 aromatic heterocycles. The molecule has 0 unspecified atom stereocenters. The summed E-state index contributed by atoms with van der Waals surface area (Å²) < 4.78 is 5.61. The summed E-state index contributed by atoms with van der Waals surface area (Å²) in [7, 11) is 0. The second-order valence-corrected chi connectivity index (χ2v) is 3.97. The molecule has 0 saturated heterocycles. The third kappa shape index (κ3) is 1.30. The van der Waals surface area contributed by atoms with Gasteiger partial charge in [0.1, 0.15) is 5.52 Å². The summed E-state index contributed by atoms with van der Waals surface area (Å²) in [5, 5.41) is 14.2. The van der Waals surface area contributed by atoms with Gasteiger partial charge in [-0.25, -0.2) is 4.98 Å². The van der Waals surface area contributed by atoms with E-state index in [9.17, 15) is 10.0 Å². The second-order valence-electron chi connectivity index (χ2n) is 3.97. The first kappa shape index (κ1) is 10.7. The van der Waals surface area contributed by atoms with E-state index in [1.165, 1.54) is 0 Å². The molecular formula is C13H10N2O3. The molecule has 0 amide bonds. The van der Waals surface area contributed by atoms with E-state index < -0.39 is 0 Å². The summed E-state index contributed by atoms with van der Waals surface area (Å²) in [6.07, 6.45) is 0.613. The van der Waals surface area contributed by atoms with Crippen molar-refractivity contribution in [2.45, 2.75) is 13.3 Å². The summed E-state index contributed by atoms with van der Waals surface area (Å²) in [4.78, 5) is 15.1. The molecule has 90 valence electrons. The monoisotopic (exact) mass is 242 g/mol. The zero-order valence-corrected chi connectivity index (χ0v) is 9.67. The molecule has 0 fully saturated rings. The number of rotatable bonds is 2. The molecule has 5 nitrogen and oxygen atoms in total. The van der Waals surface area contributed by atoms with E-state index in [4.69, 9.17) is 4.42 Å². The van der Waals surface area contributed by atoms with Crippen LogP contribution in [0.3, 0.4) is 0 Å². The van der Waals surface area contributed by atoms with Crippen molar-refractivity contribution in [2.75, 3.05) is 0 Å².